The van der Waals surface area contributed by atoms with Gasteiger partial charge < -0.3 is 9.64 Å². The molecule has 0 radical (unpaired) electrons. The molecule has 0 saturated carbocycles. The fourth-order valence-electron chi connectivity index (χ4n) is 1.70. The van der Waals surface area contributed by atoms with E-state index in [1.54, 1.807) is 7.11 Å². The smallest absolute Gasteiger partial charge is 0.120 e. The van der Waals surface area contributed by atoms with E-state index in [0.717, 1.165) is 35.8 Å². The van der Waals surface area contributed by atoms with Gasteiger partial charge in [0, 0.05) is 18.3 Å². The van der Waals surface area contributed by atoms with Crippen molar-refractivity contribution in [1.82, 2.24) is 0 Å². The summed E-state index contributed by atoms with van der Waals surface area (Å²) in [5.41, 5.74) is 1.15. The summed E-state index contributed by atoms with van der Waals surface area (Å²) < 4.78 is 5.18. The highest BCUT2D eigenvalue weighted by molar-refractivity contribution is 7.80. The zero-order valence-corrected chi connectivity index (χ0v) is 9.01. The number of ether oxygens (including phenoxy) is 1. The molecule has 0 bridgehead atoms. The van der Waals surface area contributed by atoms with Gasteiger partial charge in [0.25, 0.3) is 0 Å². The number of hydrogen-bond donors (Lipinski definition) is 0. The van der Waals surface area contributed by atoms with Crippen molar-refractivity contribution in [3.05, 3.63) is 24.3 Å². The Bertz CT molecular complexity index is 351. The van der Waals surface area contributed by atoms with Crippen molar-refractivity contribution in [2.45, 2.75) is 12.8 Å². The second-order valence-electron chi connectivity index (χ2n) is 3.35. The van der Waals surface area contributed by atoms with Crippen LogP contribution < -0.4 is 9.64 Å². The van der Waals surface area contributed by atoms with Gasteiger partial charge in [-0.05, 0) is 25.0 Å². The second-order valence-corrected chi connectivity index (χ2v) is 3.82. The molecule has 74 valence electrons. The van der Waals surface area contributed by atoms with E-state index in [4.69, 9.17) is 17.0 Å². The van der Waals surface area contributed by atoms with Gasteiger partial charge in [-0.15, -0.1) is 0 Å². The van der Waals surface area contributed by atoms with Gasteiger partial charge in [-0.2, -0.15) is 0 Å². The van der Waals surface area contributed by atoms with Crippen molar-refractivity contribution in [3.8, 4) is 5.75 Å². The highest BCUT2D eigenvalue weighted by Crippen LogP contribution is 2.25. The van der Waals surface area contributed by atoms with Crippen LogP contribution in [0.5, 0.6) is 5.75 Å². The Morgan fingerprint density at radius 2 is 2.29 bits per heavy atom. The molecule has 1 heterocycles. The first-order chi connectivity index (χ1) is 6.81. The van der Waals surface area contributed by atoms with Crippen LogP contribution in [0.1, 0.15) is 12.8 Å². The quantitative estimate of drug-likeness (QED) is 0.692. The van der Waals surface area contributed by atoms with Crippen LogP contribution in [0.4, 0.5) is 5.69 Å². The summed E-state index contributed by atoms with van der Waals surface area (Å²) in [7, 11) is 1.68. The largest absolute Gasteiger partial charge is 0.497 e. The predicted octanol–water partition coefficient (Wildman–Crippen LogP) is 2.62. The standard InChI is InChI=1S/C11H13NOS/c1-13-10-5-2-4-9(8-10)12-7-3-6-11(12)14/h2,4-5,8H,3,6-7H2,1H3. The Morgan fingerprint density at radius 3 is 2.93 bits per heavy atom. The summed E-state index contributed by atoms with van der Waals surface area (Å²) in [6.45, 7) is 1.03. The summed E-state index contributed by atoms with van der Waals surface area (Å²) in [5, 5.41) is 0. The number of anilines is 1. The van der Waals surface area contributed by atoms with Crippen LogP contribution in [0.25, 0.3) is 0 Å². The average molecular weight is 207 g/mol. The Labute approximate surface area is 89.5 Å². The van der Waals surface area contributed by atoms with Crippen molar-refractivity contribution >= 4 is 22.9 Å². The normalized spacial score (nSPS) is 16.1. The molecule has 0 N–H and O–H groups in total. The maximum atomic E-state index is 5.29. The molecule has 14 heavy (non-hydrogen) atoms. The molecule has 1 fully saturated rings. The molecule has 0 aromatic heterocycles. The third-order valence-electron chi connectivity index (χ3n) is 2.44. The number of thiocarbonyl (C=S) groups is 1. The lowest BCUT2D eigenvalue weighted by Gasteiger charge is -2.18. The summed E-state index contributed by atoms with van der Waals surface area (Å²) in [6.07, 6.45) is 2.20. The monoisotopic (exact) mass is 207 g/mol. The van der Waals surface area contributed by atoms with Crippen molar-refractivity contribution in [2.24, 2.45) is 0 Å². The maximum Gasteiger partial charge on any atom is 0.120 e. The number of nitrogens with zero attached hydrogens (tertiary/aromatic N) is 1. The zero-order valence-electron chi connectivity index (χ0n) is 8.19. The molecule has 0 spiro atoms. The summed E-state index contributed by atoms with van der Waals surface area (Å²) in [4.78, 5) is 3.22. The predicted molar refractivity (Wildman–Crippen MR) is 62.2 cm³/mol. The molecule has 2 rings (SSSR count). The highest BCUT2D eigenvalue weighted by atomic mass is 32.1. The lowest BCUT2D eigenvalue weighted by Crippen LogP contribution is -2.21. The van der Waals surface area contributed by atoms with E-state index >= 15 is 0 Å². The summed E-state index contributed by atoms with van der Waals surface area (Å²) >= 11 is 5.29. The summed E-state index contributed by atoms with van der Waals surface area (Å²) in [5.74, 6) is 0.886. The molecular formula is C11H13NOS. The Morgan fingerprint density at radius 1 is 1.43 bits per heavy atom. The van der Waals surface area contributed by atoms with Gasteiger partial charge in [-0.25, -0.2) is 0 Å². The molecule has 1 aromatic rings. The fourth-order valence-corrected chi connectivity index (χ4v) is 2.04. The van der Waals surface area contributed by atoms with Crippen LogP contribution >= 0.6 is 12.2 Å². The minimum atomic E-state index is 0.886. The Hall–Kier alpha value is -1.09. The van der Waals surface area contributed by atoms with E-state index in [1.807, 2.05) is 18.2 Å². The average Bonchev–Trinajstić information content (AvgIpc) is 2.65. The van der Waals surface area contributed by atoms with Gasteiger partial charge >= 0.3 is 0 Å². The first-order valence-corrected chi connectivity index (χ1v) is 5.16. The molecule has 0 amide bonds. The van der Waals surface area contributed by atoms with Gasteiger partial charge in [0.05, 0.1) is 12.1 Å². The Kier molecular flexibility index (Phi) is 2.68. The third-order valence-corrected chi connectivity index (χ3v) is 2.86. The topological polar surface area (TPSA) is 12.5 Å². The van der Waals surface area contributed by atoms with E-state index in [1.165, 1.54) is 0 Å². The van der Waals surface area contributed by atoms with Gasteiger partial charge in [0.15, 0.2) is 0 Å². The third kappa shape index (κ3) is 1.73. The molecule has 1 aliphatic heterocycles. The minimum absolute atomic E-state index is 0.886. The second kappa shape index (κ2) is 3.96. The molecule has 1 aromatic carbocycles. The van der Waals surface area contributed by atoms with Gasteiger partial charge in [-0.1, -0.05) is 18.3 Å². The SMILES string of the molecule is COc1cccc(N2CCCC2=S)c1. The number of methoxy groups -OCH3 is 1. The van der Waals surface area contributed by atoms with E-state index in [9.17, 15) is 0 Å². The summed E-state index contributed by atoms with van der Waals surface area (Å²) in [6, 6.07) is 8.04. The van der Waals surface area contributed by atoms with Crippen molar-refractivity contribution in [1.29, 1.82) is 0 Å². The molecule has 0 atom stereocenters. The fraction of sp³-hybridized carbons (Fsp3) is 0.364. The van der Waals surface area contributed by atoms with Gasteiger partial charge in [0.2, 0.25) is 0 Å². The lowest BCUT2D eigenvalue weighted by molar-refractivity contribution is 0.415. The molecule has 3 heteroatoms. The number of benzene rings is 1. The first-order valence-electron chi connectivity index (χ1n) is 4.75. The molecule has 2 nitrogen and oxygen atoms in total. The van der Waals surface area contributed by atoms with E-state index in [2.05, 4.69) is 11.0 Å². The molecular weight excluding hydrogens is 194 g/mol. The molecule has 1 saturated heterocycles. The van der Waals surface area contributed by atoms with Crippen LogP contribution in [0.2, 0.25) is 0 Å². The van der Waals surface area contributed by atoms with Crippen LogP contribution in [0.3, 0.4) is 0 Å². The van der Waals surface area contributed by atoms with Crippen LogP contribution in [0.15, 0.2) is 24.3 Å². The molecule has 0 unspecified atom stereocenters. The first kappa shape index (κ1) is 9.46. The Balaban J connectivity index is 2.26. The van der Waals surface area contributed by atoms with Crippen molar-refractivity contribution in [2.75, 3.05) is 18.6 Å². The van der Waals surface area contributed by atoms with Crippen molar-refractivity contribution in [3.63, 3.8) is 0 Å². The maximum absolute atomic E-state index is 5.29. The number of hydrogen-bond acceptors (Lipinski definition) is 2. The number of rotatable bonds is 2. The molecule has 0 aliphatic carbocycles. The lowest BCUT2D eigenvalue weighted by atomic mass is 10.3. The van der Waals surface area contributed by atoms with Crippen molar-refractivity contribution < 1.29 is 4.74 Å². The zero-order chi connectivity index (χ0) is 9.97. The van der Waals surface area contributed by atoms with Gasteiger partial charge in [0.1, 0.15) is 5.75 Å². The van der Waals surface area contributed by atoms with Crippen LogP contribution in [-0.4, -0.2) is 18.6 Å². The highest BCUT2D eigenvalue weighted by Gasteiger charge is 2.18. The van der Waals surface area contributed by atoms with Crippen LogP contribution in [-0.2, 0) is 0 Å². The van der Waals surface area contributed by atoms with E-state index < -0.39 is 0 Å². The van der Waals surface area contributed by atoms with Crippen LogP contribution in [0, 0.1) is 0 Å². The van der Waals surface area contributed by atoms with E-state index in [-0.39, 0.29) is 0 Å². The van der Waals surface area contributed by atoms with E-state index in [0.29, 0.717) is 0 Å². The minimum Gasteiger partial charge on any atom is -0.497 e. The molecule has 1 aliphatic rings. The van der Waals surface area contributed by atoms with Gasteiger partial charge in [-0.3, -0.25) is 0 Å².